The van der Waals surface area contributed by atoms with E-state index in [1.807, 2.05) is 12.1 Å². The van der Waals surface area contributed by atoms with Crippen LogP contribution in [0.2, 0.25) is 0 Å². The SMILES string of the molecule is CCNC(C)C(C)c1cccnn1. The molecule has 1 aromatic heterocycles. The van der Waals surface area contributed by atoms with Gasteiger partial charge < -0.3 is 5.32 Å². The topological polar surface area (TPSA) is 37.8 Å². The molecule has 0 saturated heterocycles. The second kappa shape index (κ2) is 4.92. The Morgan fingerprint density at radius 3 is 2.77 bits per heavy atom. The molecule has 0 spiro atoms. The Balaban J connectivity index is 2.62. The highest BCUT2D eigenvalue weighted by Gasteiger charge is 2.13. The standard InChI is InChI=1S/C10H17N3/c1-4-11-9(3)8(2)10-6-5-7-12-13-10/h5-9,11H,4H2,1-3H3. The van der Waals surface area contributed by atoms with Crippen molar-refractivity contribution in [1.29, 1.82) is 0 Å². The van der Waals surface area contributed by atoms with E-state index >= 15 is 0 Å². The molecule has 0 fully saturated rings. The van der Waals surface area contributed by atoms with E-state index in [0.29, 0.717) is 12.0 Å². The van der Waals surface area contributed by atoms with E-state index in [1.165, 1.54) is 0 Å². The van der Waals surface area contributed by atoms with Crippen LogP contribution in [-0.4, -0.2) is 22.8 Å². The number of nitrogens with one attached hydrogen (secondary N) is 1. The van der Waals surface area contributed by atoms with Gasteiger partial charge in [-0.1, -0.05) is 13.8 Å². The van der Waals surface area contributed by atoms with Crippen LogP contribution in [0.4, 0.5) is 0 Å². The quantitative estimate of drug-likeness (QED) is 0.762. The van der Waals surface area contributed by atoms with E-state index in [4.69, 9.17) is 0 Å². The van der Waals surface area contributed by atoms with Crippen LogP contribution in [0.25, 0.3) is 0 Å². The Bertz CT molecular complexity index is 235. The lowest BCUT2D eigenvalue weighted by atomic mass is 10.00. The number of likely N-dealkylation sites (N-methyl/N-ethyl adjacent to an activating group) is 1. The summed E-state index contributed by atoms with van der Waals surface area (Å²) in [7, 11) is 0. The van der Waals surface area contributed by atoms with Gasteiger partial charge in [0.15, 0.2) is 0 Å². The molecule has 0 aromatic carbocycles. The van der Waals surface area contributed by atoms with Crippen molar-refractivity contribution in [3.05, 3.63) is 24.0 Å². The molecule has 1 N–H and O–H groups in total. The summed E-state index contributed by atoms with van der Waals surface area (Å²) in [6.07, 6.45) is 1.70. The maximum absolute atomic E-state index is 4.09. The average molecular weight is 179 g/mol. The van der Waals surface area contributed by atoms with Crippen LogP contribution in [0.15, 0.2) is 18.3 Å². The van der Waals surface area contributed by atoms with Gasteiger partial charge in [-0.15, -0.1) is 0 Å². The molecule has 13 heavy (non-hydrogen) atoms. The molecule has 3 heteroatoms. The summed E-state index contributed by atoms with van der Waals surface area (Å²) in [5, 5.41) is 11.3. The van der Waals surface area contributed by atoms with Crippen LogP contribution in [0, 0.1) is 0 Å². The second-order valence-electron chi connectivity index (χ2n) is 3.28. The molecule has 1 heterocycles. The third-order valence-corrected chi connectivity index (χ3v) is 2.34. The molecule has 72 valence electrons. The van der Waals surface area contributed by atoms with Crippen molar-refractivity contribution >= 4 is 0 Å². The fourth-order valence-electron chi connectivity index (χ4n) is 1.31. The second-order valence-corrected chi connectivity index (χ2v) is 3.28. The highest BCUT2D eigenvalue weighted by molar-refractivity contribution is 5.07. The maximum Gasteiger partial charge on any atom is 0.0674 e. The van der Waals surface area contributed by atoms with Gasteiger partial charge in [0.2, 0.25) is 0 Å². The molecule has 0 aliphatic heterocycles. The molecule has 1 rings (SSSR count). The number of nitrogens with zero attached hydrogens (tertiary/aromatic N) is 2. The summed E-state index contributed by atoms with van der Waals surface area (Å²) < 4.78 is 0. The van der Waals surface area contributed by atoms with Crippen LogP contribution < -0.4 is 5.32 Å². The zero-order valence-corrected chi connectivity index (χ0v) is 8.49. The first kappa shape index (κ1) is 10.1. The zero-order chi connectivity index (χ0) is 9.68. The first-order valence-electron chi connectivity index (χ1n) is 4.76. The minimum Gasteiger partial charge on any atom is -0.314 e. The van der Waals surface area contributed by atoms with Gasteiger partial charge in [0.1, 0.15) is 0 Å². The van der Waals surface area contributed by atoms with Gasteiger partial charge in [-0.3, -0.25) is 0 Å². The molecule has 0 amide bonds. The minimum atomic E-state index is 0.411. The number of aromatic nitrogens is 2. The summed E-state index contributed by atoms with van der Waals surface area (Å²) in [4.78, 5) is 0. The lowest BCUT2D eigenvalue weighted by Crippen LogP contribution is -2.31. The van der Waals surface area contributed by atoms with Crippen molar-refractivity contribution in [2.45, 2.75) is 32.7 Å². The monoisotopic (exact) mass is 179 g/mol. The van der Waals surface area contributed by atoms with Crippen molar-refractivity contribution in [2.75, 3.05) is 6.54 Å². The molecule has 2 unspecified atom stereocenters. The molecule has 0 bridgehead atoms. The third-order valence-electron chi connectivity index (χ3n) is 2.34. The predicted molar refractivity (Wildman–Crippen MR) is 53.6 cm³/mol. The van der Waals surface area contributed by atoms with Gasteiger partial charge in [0.05, 0.1) is 5.69 Å². The molecule has 0 radical (unpaired) electrons. The van der Waals surface area contributed by atoms with Gasteiger partial charge in [0, 0.05) is 18.2 Å². The molecule has 0 aliphatic rings. The lowest BCUT2D eigenvalue weighted by Gasteiger charge is -2.19. The Morgan fingerprint density at radius 2 is 2.23 bits per heavy atom. The molecular formula is C10H17N3. The predicted octanol–water partition coefficient (Wildman–Crippen LogP) is 1.58. The van der Waals surface area contributed by atoms with Crippen molar-refractivity contribution in [3.8, 4) is 0 Å². The Morgan fingerprint density at radius 1 is 1.46 bits per heavy atom. The molecule has 1 aromatic rings. The van der Waals surface area contributed by atoms with E-state index in [-0.39, 0.29) is 0 Å². The average Bonchev–Trinajstić information content (AvgIpc) is 2.18. The van der Waals surface area contributed by atoms with Crippen molar-refractivity contribution in [3.63, 3.8) is 0 Å². The Labute approximate surface area is 79.6 Å². The van der Waals surface area contributed by atoms with E-state index in [9.17, 15) is 0 Å². The maximum atomic E-state index is 4.09. The van der Waals surface area contributed by atoms with Crippen molar-refractivity contribution < 1.29 is 0 Å². The van der Waals surface area contributed by atoms with Crippen LogP contribution in [0.3, 0.4) is 0 Å². The molecule has 3 nitrogen and oxygen atoms in total. The van der Waals surface area contributed by atoms with Gasteiger partial charge in [-0.05, 0) is 25.6 Å². The number of hydrogen-bond donors (Lipinski definition) is 1. The summed E-state index contributed by atoms with van der Waals surface area (Å²) in [6.45, 7) is 7.44. The van der Waals surface area contributed by atoms with Crippen LogP contribution in [-0.2, 0) is 0 Å². The molecule has 2 atom stereocenters. The lowest BCUT2D eigenvalue weighted by molar-refractivity contribution is 0.484. The third kappa shape index (κ3) is 2.77. The van der Waals surface area contributed by atoms with E-state index in [1.54, 1.807) is 6.20 Å². The van der Waals surface area contributed by atoms with Crippen LogP contribution in [0.5, 0.6) is 0 Å². The zero-order valence-electron chi connectivity index (χ0n) is 8.49. The molecular weight excluding hydrogens is 162 g/mol. The van der Waals surface area contributed by atoms with Gasteiger partial charge in [-0.25, -0.2) is 0 Å². The van der Waals surface area contributed by atoms with Crippen LogP contribution in [0.1, 0.15) is 32.4 Å². The van der Waals surface area contributed by atoms with E-state index < -0.39 is 0 Å². The van der Waals surface area contributed by atoms with Crippen molar-refractivity contribution in [1.82, 2.24) is 15.5 Å². The smallest absolute Gasteiger partial charge is 0.0674 e. The van der Waals surface area contributed by atoms with Gasteiger partial charge in [-0.2, -0.15) is 10.2 Å². The summed E-state index contributed by atoms with van der Waals surface area (Å²) in [5.41, 5.74) is 1.05. The first-order chi connectivity index (χ1) is 6.25. The highest BCUT2D eigenvalue weighted by Crippen LogP contribution is 2.14. The van der Waals surface area contributed by atoms with E-state index in [0.717, 1.165) is 12.2 Å². The normalized spacial score (nSPS) is 15.3. The minimum absolute atomic E-state index is 0.411. The molecule has 0 aliphatic carbocycles. The Kier molecular flexibility index (Phi) is 3.83. The highest BCUT2D eigenvalue weighted by atomic mass is 15.1. The largest absolute Gasteiger partial charge is 0.314 e. The summed E-state index contributed by atoms with van der Waals surface area (Å²) in [5.74, 6) is 0.411. The van der Waals surface area contributed by atoms with Crippen LogP contribution >= 0.6 is 0 Å². The van der Waals surface area contributed by atoms with Gasteiger partial charge >= 0.3 is 0 Å². The summed E-state index contributed by atoms with van der Waals surface area (Å²) >= 11 is 0. The first-order valence-corrected chi connectivity index (χ1v) is 4.76. The fraction of sp³-hybridized carbons (Fsp3) is 0.600. The Hall–Kier alpha value is -0.960. The number of rotatable bonds is 4. The van der Waals surface area contributed by atoms with Gasteiger partial charge in [0.25, 0.3) is 0 Å². The van der Waals surface area contributed by atoms with E-state index in [2.05, 4.69) is 36.3 Å². The van der Waals surface area contributed by atoms with Crippen molar-refractivity contribution in [2.24, 2.45) is 0 Å². The number of hydrogen-bond acceptors (Lipinski definition) is 3. The fourth-order valence-corrected chi connectivity index (χ4v) is 1.31. The summed E-state index contributed by atoms with van der Waals surface area (Å²) in [6, 6.07) is 4.39. The molecule has 0 saturated carbocycles.